The smallest absolute Gasteiger partial charge is 0.136 e. The number of rotatable bonds is 1. The molecule has 0 radical (unpaired) electrons. The largest absolute Gasteiger partial charge is 0.456 e. The molecule has 0 bridgehead atoms. The quantitative estimate of drug-likeness (QED) is 0.177. The van der Waals surface area contributed by atoms with Gasteiger partial charge in [0, 0.05) is 21.6 Å². The molecule has 1 heteroatoms. The van der Waals surface area contributed by atoms with Gasteiger partial charge in [0.2, 0.25) is 0 Å². The molecule has 1 heterocycles. The number of benzene rings is 5. The molecule has 0 N–H and O–H groups in total. The molecule has 0 aliphatic heterocycles. The summed E-state index contributed by atoms with van der Waals surface area (Å²) < 4.78 is 6.46. The molecular formula is C44H34O. The molecule has 1 nitrogen and oxygen atoms in total. The summed E-state index contributed by atoms with van der Waals surface area (Å²) in [5.41, 5.74) is 12.9. The van der Waals surface area contributed by atoms with E-state index in [1.165, 1.54) is 65.4 Å². The van der Waals surface area contributed by atoms with Crippen molar-refractivity contribution in [1.82, 2.24) is 0 Å². The monoisotopic (exact) mass is 578 g/mol. The van der Waals surface area contributed by atoms with Crippen molar-refractivity contribution in [1.29, 1.82) is 0 Å². The first kappa shape index (κ1) is 25.4. The molecule has 4 atom stereocenters. The molecular weight excluding hydrogens is 544 g/mol. The molecule has 0 saturated carbocycles. The van der Waals surface area contributed by atoms with Crippen LogP contribution >= 0.6 is 0 Å². The fourth-order valence-electron chi connectivity index (χ4n) is 9.84. The van der Waals surface area contributed by atoms with Gasteiger partial charge in [0.05, 0.1) is 0 Å². The summed E-state index contributed by atoms with van der Waals surface area (Å²) in [6.45, 7) is 9.83. The van der Waals surface area contributed by atoms with Crippen LogP contribution < -0.4 is 10.4 Å². The maximum atomic E-state index is 6.46. The van der Waals surface area contributed by atoms with Gasteiger partial charge in [-0.15, -0.1) is 0 Å². The normalized spacial score (nSPS) is 26.3. The van der Waals surface area contributed by atoms with Gasteiger partial charge in [-0.3, -0.25) is 0 Å². The van der Waals surface area contributed by atoms with Crippen LogP contribution in [-0.2, 0) is 5.41 Å². The second-order valence-electron chi connectivity index (χ2n) is 14.0. The summed E-state index contributed by atoms with van der Waals surface area (Å²) in [5.74, 6) is 0.731. The molecule has 5 aromatic carbocycles. The Morgan fingerprint density at radius 1 is 0.667 bits per heavy atom. The van der Waals surface area contributed by atoms with Gasteiger partial charge >= 0.3 is 0 Å². The van der Waals surface area contributed by atoms with Crippen molar-refractivity contribution in [3.8, 4) is 0 Å². The Kier molecular flexibility index (Phi) is 4.77. The second kappa shape index (κ2) is 8.43. The molecule has 45 heavy (non-hydrogen) atoms. The third kappa shape index (κ3) is 3.00. The van der Waals surface area contributed by atoms with E-state index < -0.39 is 0 Å². The van der Waals surface area contributed by atoms with E-state index in [1.807, 2.05) is 0 Å². The maximum Gasteiger partial charge on any atom is 0.136 e. The summed E-state index contributed by atoms with van der Waals surface area (Å²) in [5, 5.41) is 7.65. The third-order valence-corrected chi connectivity index (χ3v) is 11.6. The van der Waals surface area contributed by atoms with Crippen LogP contribution in [0.2, 0.25) is 0 Å². The number of fused-ring (bicyclic) bond motifs is 9. The predicted molar refractivity (Wildman–Crippen MR) is 186 cm³/mol. The average molecular weight is 579 g/mol. The second-order valence-corrected chi connectivity index (χ2v) is 14.0. The van der Waals surface area contributed by atoms with Gasteiger partial charge in [0.25, 0.3) is 0 Å². The zero-order chi connectivity index (χ0) is 30.2. The van der Waals surface area contributed by atoms with Crippen molar-refractivity contribution in [2.24, 2.45) is 17.3 Å². The van der Waals surface area contributed by atoms with Crippen LogP contribution in [-0.4, -0.2) is 0 Å². The number of allylic oxidation sites excluding steroid dienone is 6. The Balaban J connectivity index is 1.42. The van der Waals surface area contributed by atoms with E-state index in [0.29, 0.717) is 11.8 Å². The van der Waals surface area contributed by atoms with Crippen LogP contribution in [0.15, 0.2) is 142 Å². The van der Waals surface area contributed by atoms with Gasteiger partial charge in [0.15, 0.2) is 0 Å². The zero-order valence-electron chi connectivity index (χ0n) is 26.1. The molecule has 0 saturated heterocycles. The number of para-hydroxylation sites is 1. The van der Waals surface area contributed by atoms with Crippen LogP contribution in [0, 0.1) is 17.3 Å². The third-order valence-electron chi connectivity index (χ3n) is 11.6. The van der Waals surface area contributed by atoms with Crippen molar-refractivity contribution in [2.45, 2.75) is 33.1 Å². The lowest BCUT2D eigenvalue weighted by atomic mass is 9.45. The maximum absolute atomic E-state index is 6.46. The lowest BCUT2D eigenvalue weighted by Crippen LogP contribution is -2.52. The van der Waals surface area contributed by atoms with Crippen LogP contribution in [0.3, 0.4) is 0 Å². The molecule has 10 rings (SSSR count). The van der Waals surface area contributed by atoms with Gasteiger partial charge in [-0.1, -0.05) is 123 Å². The minimum absolute atomic E-state index is 0.201. The molecule has 4 unspecified atom stereocenters. The highest BCUT2D eigenvalue weighted by Crippen LogP contribution is 2.67. The first-order valence-electron chi connectivity index (χ1n) is 16.3. The fraction of sp³-hybridized carbons (Fsp3) is 0.182. The molecule has 216 valence electrons. The van der Waals surface area contributed by atoms with Gasteiger partial charge in [-0.2, -0.15) is 0 Å². The standard InChI is InChI=1S/C44H34O/c1-25-21-22-43(3)34-20-18-27-11-5-6-12-29(27)40(34)41-33-15-8-7-14-32(33)39(35-23-26(2)38(25)42(43)44(35,41)4)28-17-19-31-30-13-9-10-16-36(30)45-37(31)24-28/h5-26H,1-4H3. The molecule has 4 aliphatic rings. The molecule has 0 fully saturated rings. The highest BCUT2D eigenvalue weighted by Gasteiger charge is 2.57. The molecule has 4 aliphatic carbocycles. The van der Waals surface area contributed by atoms with Crippen LogP contribution in [0.25, 0.3) is 43.9 Å². The van der Waals surface area contributed by atoms with Crippen LogP contribution in [0.1, 0.15) is 44.4 Å². The van der Waals surface area contributed by atoms with E-state index in [-0.39, 0.29) is 10.8 Å². The van der Waals surface area contributed by atoms with Gasteiger partial charge < -0.3 is 4.42 Å². The van der Waals surface area contributed by atoms with E-state index in [1.54, 1.807) is 11.1 Å². The minimum atomic E-state index is -0.292. The Morgan fingerprint density at radius 3 is 2.27 bits per heavy atom. The van der Waals surface area contributed by atoms with E-state index in [0.717, 1.165) is 11.2 Å². The van der Waals surface area contributed by atoms with Crippen LogP contribution in [0.5, 0.6) is 0 Å². The highest BCUT2D eigenvalue weighted by molar-refractivity contribution is 6.07. The van der Waals surface area contributed by atoms with Crippen molar-refractivity contribution >= 4 is 43.9 Å². The van der Waals surface area contributed by atoms with E-state index in [2.05, 4.69) is 149 Å². The van der Waals surface area contributed by atoms with Crippen molar-refractivity contribution in [3.63, 3.8) is 0 Å². The summed E-state index contributed by atoms with van der Waals surface area (Å²) in [4.78, 5) is 0. The summed E-state index contributed by atoms with van der Waals surface area (Å²) >= 11 is 0. The SMILES string of the molecule is CC1C=CC2(C)C3=C1C(C)C=C1C(c4ccc5c(c4)oc4ccccc45)=c4ccccc4=C(c4c2ccc2ccccc42)C13C. The molecule has 0 amide bonds. The fourth-order valence-corrected chi connectivity index (χ4v) is 9.84. The van der Waals surface area contributed by atoms with Crippen LogP contribution in [0.4, 0.5) is 0 Å². The summed E-state index contributed by atoms with van der Waals surface area (Å²) in [6, 6.07) is 38.2. The van der Waals surface area contributed by atoms with E-state index in [4.69, 9.17) is 4.42 Å². The average Bonchev–Trinajstić information content (AvgIpc) is 3.43. The van der Waals surface area contributed by atoms with Gasteiger partial charge in [0.1, 0.15) is 11.2 Å². The Hall–Kier alpha value is -4.88. The molecule has 0 spiro atoms. The number of hydrogen-bond acceptors (Lipinski definition) is 1. The summed E-state index contributed by atoms with van der Waals surface area (Å²) in [6.07, 6.45) is 7.61. The van der Waals surface area contributed by atoms with Crippen molar-refractivity contribution in [3.05, 3.63) is 165 Å². The van der Waals surface area contributed by atoms with E-state index in [9.17, 15) is 0 Å². The first-order valence-corrected chi connectivity index (χ1v) is 16.3. The topological polar surface area (TPSA) is 13.1 Å². The lowest BCUT2D eigenvalue weighted by molar-refractivity contribution is 0.448. The number of furan rings is 1. The van der Waals surface area contributed by atoms with Crippen molar-refractivity contribution in [2.75, 3.05) is 0 Å². The number of hydrogen-bond donors (Lipinski definition) is 0. The highest BCUT2D eigenvalue weighted by atomic mass is 16.3. The Bertz CT molecular complexity index is 2550. The lowest BCUT2D eigenvalue weighted by Gasteiger charge is -2.57. The van der Waals surface area contributed by atoms with Gasteiger partial charge in [-0.05, 0) is 104 Å². The van der Waals surface area contributed by atoms with Gasteiger partial charge in [-0.25, -0.2) is 0 Å². The molecule has 6 aromatic rings. The predicted octanol–water partition coefficient (Wildman–Crippen LogP) is 9.51. The van der Waals surface area contributed by atoms with E-state index >= 15 is 0 Å². The zero-order valence-corrected chi connectivity index (χ0v) is 26.1. The Morgan fingerprint density at radius 2 is 1.40 bits per heavy atom. The minimum Gasteiger partial charge on any atom is -0.456 e. The Labute approximate surface area is 263 Å². The first-order chi connectivity index (χ1) is 21.9. The molecule has 1 aromatic heterocycles. The van der Waals surface area contributed by atoms with Crippen molar-refractivity contribution < 1.29 is 4.42 Å². The summed E-state index contributed by atoms with van der Waals surface area (Å²) in [7, 11) is 0.